The largest absolute Gasteiger partial charge is 0.472 e. The second-order valence-electron chi connectivity index (χ2n) is 6.03. The molecule has 0 fully saturated rings. The Hall–Kier alpha value is -2.63. The second kappa shape index (κ2) is 6.47. The van der Waals surface area contributed by atoms with Gasteiger partial charge >= 0.3 is 0 Å². The van der Waals surface area contributed by atoms with Gasteiger partial charge in [-0.2, -0.15) is 0 Å². The number of hydrogen-bond acceptors (Lipinski definition) is 3. The summed E-state index contributed by atoms with van der Waals surface area (Å²) in [7, 11) is 0. The first-order valence-corrected chi connectivity index (χ1v) is 7.91. The zero-order chi connectivity index (χ0) is 17.3. The topological polar surface area (TPSA) is 62.6 Å². The quantitative estimate of drug-likeness (QED) is 0.941. The summed E-state index contributed by atoms with van der Waals surface area (Å²) in [6.07, 6.45) is 4.24. The van der Waals surface area contributed by atoms with Crippen LogP contribution in [0.4, 0.5) is 10.1 Å². The number of benzene rings is 1. The van der Waals surface area contributed by atoms with Gasteiger partial charge in [0.2, 0.25) is 5.91 Å². The smallest absolute Gasteiger partial charge is 0.255 e. The fourth-order valence-electron chi connectivity index (χ4n) is 3.11. The van der Waals surface area contributed by atoms with Gasteiger partial charge in [0, 0.05) is 12.2 Å². The molecular formula is C18H19FN2O3. The van der Waals surface area contributed by atoms with Gasteiger partial charge in [-0.25, -0.2) is 4.39 Å². The van der Waals surface area contributed by atoms with Crippen LogP contribution in [0.3, 0.4) is 0 Å². The third-order valence-corrected chi connectivity index (χ3v) is 4.21. The number of amides is 2. The summed E-state index contributed by atoms with van der Waals surface area (Å²) in [5.74, 6) is -0.859. The molecule has 1 N–H and O–H groups in total. The van der Waals surface area contributed by atoms with Crippen LogP contribution in [-0.2, 0) is 11.2 Å². The first kappa shape index (κ1) is 16.2. The van der Waals surface area contributed by atoms with Crippen LogP contribution >= 0.6 is 0 Å². The van der Waals surface area contributed by atoms with Crippen LogP contribution in [0.15, 0.2) is 35.1 Å². The van der Waals surface area contributed by atoms with E-state index in [1.54, 1.807) is 18.7 Å². The number of carbonyl (C=O) groups is 2. The van der Waals surface area contributed by atoms with Gasteiger partial charge in [-0.05, 0) is 56.0 Å². The molecular weight excluding hydrogens is 311 g/mol. The van der Waals surface area contributed by atoms with Crippen molar-refractivity contribution >= 4 is 17.5 Å². The lowest BCUT2D eigenvalue weighted by atomic mass is 9.97. The maximum Gasteiger partial charge on any atom is 0.255 e. The molecule has 0 radical (unpaired) electrons. The van der Waals surface area contributed by atoms with Crippen LogP contribution < -0.4 is 10.2 Å². The molecule has 5 nitrogen and oxygen atoms in total. The maximum atomic E-state index is 13.6. The minimum atomic E-state index is -0.692. The number of nitrogens with zero attached hydrogens (tertiary/aromatic N) is 1. The molecule has 0 spiro atoms. The van der Waals surface area contributed by atoms with Crippen molar-refractivity contribution in [3.05, 3.63) is 53.2 Å². The van der Waals surface area contributed by atoms with E-state index in [0.717, 1.165) is 29.7 Å². The lowest BCUT2D eigenvalue weighted by Crippen LogP contribution is -2.48. The van der Waals surface area contributed by atoms with E-state index in [9.17, 15) is 14.0 Å². The predicted octanol–water partition coefficient (Wildman–Crippen LogP) is 2.82. The average Bonchev–Trinajstić information content (AvgIpc) is 3.07. The Labute approximate surface area is 139 Å². The first-order chi connectivity index (χ1) is 11.5. The van der Waals surface area contributed by atoms with Crippen LogP contribution in [-0.4, -0.2) is 24.4 Å². The van der Waals surface area contributed by atoms with Gasteiger partial charge in [-0.1, -0.05) is 0 Å². The van der Waals surface area contributed by atoms with E-state index in [-0.39, 0.29) is 17.6 Å². The number of carbonyl (C=O) groups excluding carboxylic acids is 2. The average molecular weight is 330 g/mol. The summed E-state index contributed by atoms with van der Waals surface area (Å²) in [5, 5.41) is 2.68. The number of rotatable bonds is 3. The van der Waals surface area contributed by atoms with Crippen molar-refractivity contribution in [2.75, 3.05) is 11.4 Å². The maximum absolute atomic E-state index is 13.6. The van der Waals surface area contributed by atoms with Crippen molar-refractivity contribution in [1.82, 2.24) is 5.32 Å². The molecule has 0 unspecified atom stereocenters. The Bertz CT molecular complexity index is 771. The summed E-state index contributed by atoms with van der Waals surface area (Å²) in [4.78, 5) is 26.5. The van der Waals surface area contributed by atoms with Crippen molar-refractivity contribution in [3.8, 4) is 0 Å². The minimum Gasteiger partial charge on any atom is -0.472 e. The summed E-state index contributed by atoms with van der Waals surface area (Å²) in [6, 6.07) is 3.76. The van der Waals surface area contributed by atoms with Crippen LogP contribution in [0.5, 0.6) is 0 Å². The minimum absolute atomic E-state index is 0.206. The lowest BCUT2D eigenvalue weighted by Gasteiger charge is -2.33. The van der Waals surface area contributed by atoms with E-state index in [2.05, 4.69) is 5.32 Å². The summed E-state index contributed by atoms with van der Waals surface area (Å²) >= 11 is 0. The van der Waals surface area contributed by atoms with Crippen molar-refractivity contribution in [2.45, 2.75) is 32.7 Å². The SMILES string of the molecule is Cc1cc(F)cc2c1N(C(=O)[C@@H](C)NC(=O)c1ccoc1)CCC2. The van der Waals surface area contributed by atoms with Crippen LogP contribution in [0, 0.1) is 12.7 Å². The highest BCUT2D eigenvalue weighted by atomic mass is 19.1. The number of anilines is 1. The number of aryl methyl sites for hydroxylation is 2. The molecule has 1 aromatic heterocycles. The van der Waals surface area contributed by atoms with Crippen molar-refractivity contribution < 1.29 is 18.4 Å². The summed E-state index contributed by atoms with van der Waals surface area (Å²) in [5.41, 5.74) is 2.69. The van der Waals surface area contributed by atoms with E-state index >= 15 is 0 Å². The highest BCUT2D eigenvalue weighted by Gasteiger charge is 2.29. The van der Waals surface area contributed by atoms with E-state index in [4.69, 9.17) is 4.42 Å². The molecule has 0 saturated heterocycles. The Morgan fingerprint density at radius 3 is 2.88 bits per heavy atom. The molecule has 0 aliphatic carbocycles. The van der Waals surface area contributed by atoms with Gasteiger partial charge in [-0.3, -0.25) is 9.59 Å². The number of fused-ring (bicyclic) bond motifs is 1. The zero-order valence-corrected chi connectivity index (χ0v) is 13.6. The van der Waals surface area contributed by atoms with Crippen LogP contribution in [0.2, 0.25) is 0 Å². The third-order valence-electron chi connectivity index (χ3n) is 4.21. The van der Waals surface area contributed by atoms with Gasteiger partial charge in [0.15, 0.2) is 0 Å². The van der Waals surface area contributed by atoms with E-state index in [1.165, 1.54) is 30.7 Å². The van der Waals surface area contributed by atoms with Gasteiger partial charge < -0.3 is 14.6 Å². The molecule has 0 bridgehead atoms. The highest BCUT2D eigenvalue weighted by Crippen LogP contribution is 2.32. The van der Waals surface area contributed by atoms with Gasteiger partial charge in [0.05, 0.1) is 11.8 Å². The normalized spacial score (nSPS) is 14.9. The van der Waals surface area contributed by atoms with Gasteiger partial charge in [-0.15, -0.1) is 0 Å². The standard InChI is InChI=1S/C18H19FN2O3/c1-11-8-15(19)9-13-4-3-6-21(16(11)13)18(23)12(2)20-17(22)14-5-7-24-10-14/h5,7-10,12H,3-4,6H2,1-2H3,(H,20,22)/t12-/m1/s1. The van der Waals surface area contributed by atoms with Crippen LogP contribution in [0.25, 0.3) is 0 Å². The Morgan fingerprint density at radius 2 is 2.17 bits per heavy atom. The molecule has 24 heavy (non-hydrogen) atoms. The monoisotopic (exact) mass is 330 g/mol. The Balaban J connectivity index is 1.80. The molecule has 0 saturated carbocycles. The molecule has 1 aliphatic rings. The Kier molecular flexibility index (Phi) is 4.38. The lowest BCUT2D eigenvalue weighted by molar-refractivity contribution is -0.120. The van der Waals surface area contributed by atoms with E-state index in [1.807, 2.05) is 0 Å². The summed E-state index contributed by atoms with van der Waals surface area (Å²) in [6.45, 7) is 4.00. The molecule has 2 amide bonds. The zero-order valence-electron chi connectivity index (χ0n) is 13.6. The first-order valence-electron chi connectivity index (χ1n) is 7.91. The molecule has 1 aliphatic heterocycles. The van der Waals surface area contributed by atoms with Crippen molar-refractivity contribution in [3.63, 3.8) is 0 Å². The molecule has 1 aromatic carbocycles. The Morgan fingerprint density at radius 1 is 1.38 bits per heavy atom. The molecule has 6 heteroatoms. The molecule has 3 rings (SSSR count). The molecule has 2 aromatic rings. The predicted molar refractivity (Wildman–Crippen MR) is 87.4 cm³/mol. The fourth-order valence-corrected chi connectivity index (χ4v) is 3.11. The number of hydrogen-bond donors (Lipinski definition) is 1. The van der Waals surface area contributed by atoms with Crippen molar-refractivity contribution in [1.29, 1.82) is 0 Å². The van der Waals surface area contributed by atoms with E-state index < -0.39 is 6.04 Å². The van der Waals surface area contributed by atoms with Gasteiger partial charge in [0.1, 0.15) is 18.1 Å². The second-order valence-corrected chi connectivity index (χ2v) is 6.03. The molecule has 2 heterocycles. The van der Waals surface area contributed by atoms with Crippen molar-refractivity contribution in [2.24, 2.45) is 0 Å². The van der Waals surface area contributed by atoms with Crippen LogP contribution in [0.1, 0.15) is 34.8 Å². The highest BCUT2D eigenvalue weighted by molar-refractivity contribution is 6.02. The molecule has 1 atom stereocenters. The number of furan rings is 1. The third kappa shape index (κ3) is 3.04. The summed E-state index contributed by atoms with van der Waals surface area (Å²) < 4.78 is 18.5. The van der Waals surface area contributed by atoms with Gasteiger partial charge in [0.25, 0.3) is 5.91 Å². The number of halogens is 1. The molecule has 126 valence electrons. The van der Waals surface area contributed by atoms with E-state index in [0.29, 0.717) is 12.1 Å². The fraction of sp³-hybridized carbons (Fsp3) is 0.333. The number of nitrogens with one attached hydrogen (secondary N) is 1.